The summed E-state index contributed by atoms with van der Waals surface area (Å²) < 4.78 is 3.45. The van der Waals surface area contributed by atoms with Crippen molar-refractivity contribution in [3.63, 3.8) is 0 Å². The third-order valence-corrected chi connectivity index (χ3v) is 7.42. The molecule has 0 bridgehead atoms. The number of benzene rings is 2. The van der Waals surface area contributed by atoms with E-state index in [9.17, 15) is 29.8 Å². The van der Waals surface area contributed by atoms with Crippen molar-refractivity contribution in [3.8, 4) is 0 Å². The predicted octanol–water partition coefficient (Wildman–Crippen LogP) is 6.53. The average molecular weight is 589 g/mol. The first-order valence-corrected chi connectivity index (χ1v) is 13.5. The van der Waals surface area contributed by atoms with Gasteiger partial charge >= 0.3 is 0 Å². The molecule has 0 saturated heterocycles. The zero-order valence-electron chi connectivity index (χ0n) is 23.5. The van der Waals surface area contributed by atoms with Crippen molar-refractivity contribution in [2.75, 3.05) is 10.9 Å². The lowest BCUT2D eigenvalue weighted by atomic mass is 10.0. The maximum absolute atomic E-state index is 13.4. The maximum Gasteiger partial charge on any atom is 0.294 e. The van der Waals surface area contributed by atoms with Crippen molar-refractivity contribution in [2.24, 2.45) is 0 Å². The molecule has 0 fully saturated rings. The second kappa shape index (κ2) is 10.8. The number of anilines is 2. The van der Waals surface area contributed by atoms with Gasteiger partial charge in [-0.1, -0.05) is 12.1 Å². The topological polar surface area (TPSA) is 153 Å². The molecule has 0 saturated carbocycles. The van der Waals surface area contributed by atoms with Gasteiger partial charge in [0, 0.05) is 46.7 Å². The largest absolute Gasteiger partial charge is 0.313 e. The van der Waals surface area contributed by atoms with E-state index in [1.165, 1.54) is 24.3 Å². The molecular weight excluding hydrogens is 564 g/mol. The fourth-order valence-corrected chi connectivity index (χ4v) is 5.36. The van der Waals surface area contributed by atoms with Crippen LogP contribution in [0.2, 0.25) is 0 Å². The van der Waals surface area contributed by atoms with E-state index in [2.05, 4.69) is 10.9 Å². The standard InChI is InChI=1S/C32H24N6O6/c1-19-15-23-7-3-5-13-35(23)29(19)31(39)21-9-11-25(27(17-21)37(41)42)33-34-26-12-10-22(18-28(26)38(43)44)32(40)30-20(2)16-24-8-4-6-14-36(24)30/h3-18,33-34H,1-2H3. The van der Waals surface area contributed by atoms with Gasteiger partial charge in [0.1, 0.15) is 11.4 Å². The molecule has 0 aliphatic heterocycles. The number of aromatic nitrogens is 2. The second-order valence-corrected chi connectivity index (χ2v) is 10.2. The van der Waals surface area contributed by atoms with Crippen LogP contribution in [0.25, 0.3) is 11.0 Å². The smallest absolute Gasteiger partial charge is 0.294 e. The van der Waals surface area contributed by atoms with Gasteiger partial charge in [0.25, 0.3) is 11.4 Å². The highest BCUT2D eigenvalue weighted by Gasteiger charge is 2.24. The monoisotopic (exact) mass is 588 g/mol. The number of rotatable bonds is 9. The molecule has 0 spiro atoms. The zero-order chi connectivity index (χ0) is 31.1. The summed E-state index contributed by atoms with van der Waals surface area (Å²) in [5, 5.41) is 24.0. The number of nitro groups is 2. The van der Waals surface area contributed by atoms with E-state index in [4.69, 9.17) is 0 Å². The van der Waals surface area contributed by atoms with Crippen molar-refractivity contribution in [3.05, 3.63) is 151 Å². The predicted molar refractivity (Wildman–Crippen MR) is 165 cm³/mol. The van der Waals surface area contributed by atoms with Crippen LogP contribution in [0.4, 0.5) is 22.7 Å². The van der Waals surface area contributed by atoms with Gasteiger partial charge in [-0.2, -0.15) is 0 Å². The molecule has 6 aromatic rings. The van der Waals surface area contributed by atoms with Crippen LogP contribution in [0.5, 0.6) is 0 Å². The second-order valence-electron chi connectivity index (χ2n) is 10.2. The number of hydrogen-bond acceptors (Lipinski definition) is 8. The van der Waals surface area contributed by atoms with Crippen LogP contribution in [0, 0.1) is 34.1 Å². The molecule has 2 N–H and O–H groups in total. The lowest BCUT2D eigenvalue weighted by molar-refractivity contribution is -0.384. The number of aryl methyl sites for hydroxylation is 2. The quantitative estimate of drug-likeness (QED) is 0.110. The normalized spacial score (nSPS) is 11.0. The molecule has 218 valence electrons. The number of nitrogens with zero attached hydrogens (tertiary/aromatic N) is 4. The first-order chi connectivity index (χ1) is 21.1. The number of ketones is 2. The molecule has 0 atom stereocenters. The Morgan fingerprint density at radius 2 is 1.02 bits per heavy atom. The number of nitro benzene ring substituents is 2. The summed E-state index contributed by atoms with van der Waals surface area (Å²) in [6, 6.07) is 22.6. The zero-order valence-corrected chi connectivity index (χ0v) is 23.5. The molecule has 0 aliphatic rings. The number of nitrogens with one attached hydrogen (secondary N) is 2. The molecule has 0 amide bonds. The summed E-state index contributed by atoms with van der Waals surface area (Å²) in [5.41, 5.74) is 8.53. The minimum absolute atomic E-state index is 0.0204. The summed E-state index contributed by atoms with van der Waals surface area (Å²) in [4.78, 5) is 49.5. The van der Waals surface area contributed by atoms with Gasteiger partial charge < -0.3 is 8.80 Å². The highest BCUT2D eigenvalue weighted by molar-refractivity contribution is 6.11. The minimum atomic E-state index is -0.649. The summed E-state index contributed by atoms with van der Waals surface area (Å²) in [7, 11) is 0. The third-order valence-electron chi connectivity index (χ3n) is 7.42. The Labute approximate surface area is 249 Å². The third kappa shape index (κ3) is 4.79. The maximum atomic E-state index is 13.4. The van der Waals surface area contributed by atoms with Crippen LogP contribution in [0.1, 0.15) is 43.2 Å². The Morgan fingerprint density at radius 3 is 1.41 bits per heavy atom. The average Bonchev–Trinajstić information content (AvgIpc) is 3.53. The summed E-state index contributed by atoms with van der Waals surface area (Å²) >= 11 is 0. The van der Waals surface area contributed by atoms with Crippen molar-refractivity contribution < 1.29 is 19.4 Å². The SMILES string of the molecule is Cc1cc2ccccn2c1C(=O)c1ccc(NNc2ccc(C(=O)c3c(C)cc4ccccn34)cc2[N+](=O)[O-])c([N+](=O)[O-])c1. The summed E-state index contributed by atoms with van der Waals surface area (Å²) in [6.45, 7) is 3.59. The Bertz CT molecular complexity index is 2010. The van der Waals surface area contributed by atoms with E-state index in [1.807, 2.05) is 36.4 Å². The highest BCUT2D eigenvalue weighted by Crippen LogP contribution is 2.31. The first-order valence-electron chi connectivity index (χ1n) is 13.5. The molecule has 12 heteroatoms. The number of hydrogen-bond donors (Lipinski definition) is 2. The first kappa shape index (κ1) is 27.8. The van der Waals surface area contributed by atoms with Crippen LogP contribution in [-0.2, 0) is 0 Å². The van der Waals surface area contributed by atoms with Crippen LogP contribution < -0.4 is 10.9 Å². The number of carbonyl (C=O) groups is 2. The van der Waals surface area contributed by atoms with Crippen LogP contribution in [0.15, 0.2) is 97.3 Å². The van der Waals surface area contributed by atoms with Gasteiger partial charge in [-0.15, -0.1) is 0 Å². The summed E-state index contributed by atoms with van der Waals surface area (Å²) in [6.07, 6.45) is 3.50. The van der Waals surface area contributed by atoms with E-state index in [0.29, 0.717) is 11.4 Å². The minimum Gasteiger partial charge on any atom is -0.313 e. The van der Waals surface area contributed by atoms with Gasteiger partial charge in [-0.05, 0) is 85.6 Å². The molecule has 4 heterocycles. The van der Waals surface area contributed by atoms with Gasteiger partial charge in [-0.25, -0.2) is 0 Å². The van der Waals surface area contributed by atoms with Crippen molar-refractivity contribution in [1.82, 2.24) is 8.80 Å². The van der Waals surface area contributed by atoms with Crippen molar-refractivity contribution >= 4 is 45.3 Å². The molecule has 2 aromatic carbocycles. The molecular formula is C32H24N6O6. The number of carbonyl (C=O) groups excluding carboxylic acids is 2. The fourth-order valence-electron chi connectivity index (χ4n) is 5.36. The van der Waals surface area contributed by atoms with Gasteiger partial charge in [0.05, 0.1) is 21.2 Å². The summed E-state index contributed by atoms with van der Waals surface area (Å²) in [5.74, 6) is -0.781. The van der Waals surface area contributed by atoms with E-state index < -0.39 is 32.8 Å². The lowest BCUT2D eigenvalue weighted by Gasteiger charge is -2.12. The Kier molecular flexibility index (Phi) is 6.86. The molecule has 12 nitrogen and oxygen atoms in total. The number of fused-ring (bicyclic) bond motifs is 2. The lowest BCUT2D eigenvalue weighted by Crippen LogP contribution is -2.14. The van der Waals surface area contributed by atoms with Gasteiger partial charge in [0.2, 0.25) is 11.6 Å². The Hall–Kier alpha value is -6.30. The molecule has 0 radical (unpaired) electrons. The van der Waals surface area contributed by atoms with E-state index in [0.717, 1.165) is 34.3 Å². The Morgan fingerprint density at radius 1 is 0.614 bits per heavy atom. The number of pyridine rings is 2. The number of hydrazine groups is 1. The molecule has 0 aliphatic carbocycles. The van der Waals surface area contributed by atoms with E-state index >= 15 is 0 Å². The van der Waals surface area contributed by atoms with E-state index in [1.54, 1.807) is 47.2 Å². The van der Waals surface area contributed by atoms with Crippen LogP contribution in [-0.4, -0.2) is 30.2 Å². The van der Waals surface area contributed by atoms with E-state index in [-0.39, 0.29) is 22.5 Å². The van der Waals surface area contributed by atoms with Crippen LogP contribution >= 0.6 is 0 Å². The molecule has 0 unspecified atom stereocenters. The van der Waals surface area contributed by atoms with Crippen molar-refractivity contribution in [2.45, 2.75) is 13.8 Å². The van der Waals surface area contributed by atoms with Crippen molar-refractivity contribution in [1.29, 1.82) is 0 Å². The molecule has 44 heavy (non-hydrogen) atoms. The Balaban J connectivity index is 1.28. The van der Waals surface area contributed by atoms with Gasteiger partial charge in [-0.3, -0.25) is 40.7 Å². The molecule has 6 rings (SSSR count). The highest BCUT2D eigenvalue weighted by atomic mass is 16.6. The molecule has 4 aromatic heterocycles. The van der Waals surface area contributed by atoms with Crippen LogP contribution in [0.3, 0.4) is 0 Å². The fraction of sp³-hybridized carbons (Fsp3) is 0.0625. The van der Waals surface area contributed by atoms with Gasteiger partial charge in [0.15, 0.2) is 0 Å².